The fourth-order valence-corrected chi connectivity index (χ4v) is 6.23. The molecule has 164 valence electrons. The van der Waals surface area contributed by atoms with Gasteiger partial charge in [-0.2, -0.15) is 0 Å². The molecule has 32 heavy (non-hydrogen) atoms. The maximum absolute atomic E-state index is 13.6. The number of nitrogens with one attached hydrogen (secondary N) is 1. The van der Waals surface area contributed by atoms with E-state index < -0.39 is 0 Å². The van der Waals surface area contributed by atoms with E-state index in [4.69, 9.17) is 4.74 Å². The van der Waals surface area contributed by atoms with E-state index in [0.29, 0.717) is 17.3 Å². The van der Waals surface area contributed by atoms with Gasteiger partial charge in [0.2, 0.25) is 0 Å². The number of halogens is 1. The Morgan fingerprint density at radius 2 is 2.06 bits per heavy atom. The maximum atomic E-state index is 13.6. The van der Waals surface area contributed by atoms with Crippen LogP contribution in [0.1, 0.15) is 33.3 Å². The number of hydrogen-bond acceptors (Lipinski definition) is 7. The largest absolute Gasteiger partial charge is 0.462 e. The number of anilines is 2. The Hall–Kier alpha value is -2.81. The molecule has 0 radical (unpaired) electrons. The maximum Gasteiger partial charge on any atom is 0.341 e. The minimum atomic E-state index is -0.309. The minimum Gasteiger partial charge on any atom is -0.462 e. The summed E-state index contributed by atoms with van der Waals surface area (Å²) in [4.78, 5) is 21.0. The molecule has 3 heterocycles. The summed E-state index contributed by atoms with van der Waals surface area (Å²) in [6.07, 6.45) is 0.791. The van der Waals surface area contributed by atoms with Crippen LogP contribution in [0.4, 0.5) is 14.5 Å². The zero-order valence-corrected chi connectivity index (χ0v) is 19.2. The summed E-state index contributed by atoms with van der Waals surface area (Å²) >= 11 is 2.95. The number of nitrogens with zero attached hydrogens (tertiary/aromatic N) is 2. The van der Waals surface area contributed by atoms with E-state index in [1.165, 1.54) is 33.9 Å². The van der Waals surface area contributed by atoms with E-state index in [-0.39, 0.29) is 11.8 Å². The second-order valence-corrected chi connectivity index (χ2v) is 9.77. The van der Waals surface area contributed by atoms with Gasteiger partial charge in [0.1, 0.15) is 10.8 Å². The van der Waals surface area contributed by atoms with Crippen LogP contribution in [0.15, 0.2) is 48.5 Å². The first-order chi connectivity index (χ1) is 15.6. The van der Waals surface area contributed by atoms with Crippen molar-refractivity contribution < 1.29 is 13.9 Å². The monoisotopic (exact) mass is 467 g/mol. The molecule has 0 saturated heterocycles. The summed E-state index contributed by atoms with van der Waals surface area (Å²) in [7, 11) is 0. The molecule has 1 aliphatic rings. The number of fused-ring (bicyclic) bond motifs is 2. The number of esters is 1. The van der Waals surface area contributed by atoms with Crippen molar-refractivity contribution in [2.24, 2.45) is 0 Å². The van der Waals surface area contributed by atoms with Crippen molar-refractivity contribution in [2.45, 2.75) is 26.4 Å². The minimum absolute atomic E-state index is 0.287. The predicted octanol–water partition coefficient (Wildman–Crippen LogP) is 5.98. The van der Waals surface area contributed by atoms with Crippen molar-refractivity contribution in [3.05, 3.63) is 75.9 Å². The Kier molecular flexibility index (Phi) is 5.91. The van der Waals surface area contributed by atoms with Gasteiger partial charge in [-0.25, -0.2) is 14.2 Å². The Labute approximate surface area is 193 Å². The molecule has 5 rings (SSSR count). The fourth-order valence-electron chi connectivity index (χ4n) is 3.99. The molecule has 0 bridgehead atoms. The molecule has 2 aromatic heterocycles. The zero-order valence-electron chi connectivity index (χ0n) is 17.6. The molecule has 1 N–H and O–H groups in total. The molecule has 0 fully saturated rings. The number of hydrogen-bond donors (Lipinski definition) is 1. The third-order valence-electron chi connectivity index (χ3n) is 5.44. The number of benzene rings is 2. The number of carbonyl (C=O) groups excluding carboxylic acids is 1. The number of thiophene rings is 1. The van der Waals surface area contributed by atoms with E-state index in [9.17, 15) is 9.18 Å². The fraction of sp³-hybridized carbons (Fsp3) is 0.250. The van der Waals surface area contributed by atoms with Crippen LogP contribution in [0, 0.1) is 5.82 Å². The number of carbonyl (C=O) groups is 1. The first-order valence-electron chi connectivity index (χ1n) is 10.5. The lowest BCUT2D eigenvalue weighted by Gasteiger charge is -2.27. The van der Waals surface area contributed by atoms with Crippen molar-refractivity contribution in [3.63, 3.8) is 0 Å². The number of ether oxygens (including phenoxy) is 1. The Morgan fingerprint density at radius 3 is 2.88 bits per heavy atom. The molecule has 4 aromatic rings. The van der Waals surface area contributed by atoms with E-state index >= 15 is 0 Å². The lowest BCUT2D eigenvalue weighted by Crippen LogP contribution is -2.29. The predicted molar refractivity (Wildman–Crippen MR) is 127 cm³/mol. The molecule has 0 unspecified atom stereocenters. The van der Waals surface area contributed by atoms with Crippen molar-refractivity contribution >= 4 is 49.0 Å². The molecule has 5 nitrogen and oxygen atoms in total. The third kappa shape index (κ3) is 4.26. The molecular weight excluding hydrogens is 445 g/mol. The lowest BCUT2D eigenvalue weighted by molar-refractivity contribution is 0.0526. The zero-order chi connectivity index (χ0) is 22.1. The van der Waals surface area contributed by atoms with Gasteiger partial charge in [-0.15, -0.1) is 11.3 Å². The quantitative estimate of drug-likeness (QED) is 0.354. The van der Waals surface area contributed by atoms with Crippen molar-refractivity contribution in [1.29, 1.82) is 0 Å². The molecule has 0 atom stereocenters. The molecule has 1 aliphatic heterocycles. The summed E-state index contributed by atoms with van der Waals surface area (Å²) < 4.78 is 19.7. The highest BCUT2D eigenvalue weighted by molar-refractivity contribution is 7.23. The van der Waals surface area contributed by atoms with Crippen LogP contribution in [0.5, 0.6) is 0 Å². The first kappa shape index (κ1) is 21.1. The number of aromatic nitrogens is 1. The highest BCUT2D eigenvalue weighted by Crippen LogP contribution is 2.40. The molecular formula is C24H22FN3O2S2. The van der Waals surface area contributed by atoms with E-state index in [1.807, 2.05) is 13.0 Å². The van der Waals surface area contributed by atoms with Crippen LogP contribution in [-0.2, 0) is 24.2 Å². The summed E-state index contributed by atoms with van der Waals surface area (Å²) in [6.45, 7) is 4.68. The summed E-state index contributed by atoms with van der Waals surface area (Å²) in [5, 5.41) is 4.71. The molecule has 0 spiro atoms. The average Bonchev–Trinajstić information content (AvgIpc) is 3.34. The third-order valence-corrected chi connectivity index (χ3v) is 7.50. The lowest BCUT2D eigenvalue weighted by atomic mass is 10.0. The van der Waals surface area contributed by atoms with Crippen molar-refractivity contribution in [3.8, 4) is 0 Å². The van der Waals surface area contributed by atoms with E-state index in [2.05, 4.69) is 39.5 Å². The summed E-state index contributed by atoms with van der Waals surface area (Å²) in [5.41, 5.74) is 3.68. The number of thiazole rings is 1. The van der Waals surface area contributed by atoms with Gasteiger partial charge in [0.25, 0.3) is 0 Å². The second-order valence-electron chi connectivity index (χ2n) is 7.63. The smallest absolute Gasteiger partial charge is 0.341 e. The van der Waals surface area contributed by atoms with Gasteiger partial charge in [-0.1, -0.05) is 41.7 Å². The second kappa shape index (κ2) is 8.97. The Bertz CT molecular complexity index is 1270. The SMILES string of the molecule is CCOC(=O)c1c(Nc2nc3ccc(F)cc3s2)sc2c1CCN(Cc1ccccc1)C2. The topological polar surface area (TPSA) is 54.5 Å². The van der Waals surface area contributed by atoms with Gasteiger partial charge in [-0.05, 0) is 42.7 Å². The van der Waals surface area contributed by atoms with Crippen LogP contribution in [0.2, 0.25) is 0 Å². The molecule has 0 aliphatic carbocycles. The molecule has 8 heteroatoms. The van der Waals surface area contributed by atoms with Crippen LogP contribution >= 0.6 is 22.7 Å². The molecule has 0 amide bonds. The highest BCUT2D eigenvalue weighted by Gasteiger charge is 2.29. The van der Waals surface area contributed by atoms with Crippen LogP contribution in [-0.4, -0.2) is 29.0 Å². The molecule has 2 aromatic carbocycles. The standard InChI is InChI=1S/C24H22FN3O2S2/c1-2-30-23(29)21-17-10-11-28(13-15-6-4-3-5-7-15)14-20(17)31-22(21)27-24-26-18-9-8-16(25)12-19(18)32-24/h3-9,12H,2,10-11,13-14H2,1H3,(H,26,27). The van der Waals surface area contributed by atoms with Gasteiger partial charge in [0.05, 0.1) is 22.4 Å². The van der Waals surface area contributed by atoms with Crippen LogP contribution in [0.25, 0.3) is 10.2 Å². The summed E-state index contributed by atoms with van der Waals surface area (Å²) in [5.74, 6) is -0.596. The van der Waals surface area contributed by atoms with Gasteiger partial charge >= 0.3 is 5.97 Å². The molecule has 0 saturated carbocycles. The van der Waals surface area contributed by atoms with E-state index in [0.717, 1.165) is 46.8 Å². The first-order valence-corrected chi connectivity index (χ1v) is 12.1. The van der Waals surface area contributed by atoms with Crippen LogP contribution < -0.4 is 5.32 Å². The Morgan fingerprint density at radius 1 is 1.22 bits per heavy atom. The normalized spacial score (nSPS) is 13.8. The average molecular weight is 468 g/mol. The summed E-state index contributed by atoms with van der Waals surface area (Å²) in [6, 6.07) is 15.0. The van der Waals surface area contributed by atoms with Gasteiger partial charge in [0.15, 0.2) is 5.13 Å². The van der Waals surface area contributed by atoms with Gasteiger partial charge in [-0.3, -0.25) is 4.90 Å². The van der Waals surface area contributed by atoms with Gasteiger partial charge < -0.3 is 10.1 Å². The van der Waals surface area contributed by atoms with Crippen molar-refractivity contribution in [2.75, 3.05) is 18.5 Å². The Balaban J connectivity index is 1.45. The number of rotatable bonds is 6. The van der Waals surface area contributed by atoms with Gasteiger partial charge in [0, 0.05) is 24.5 Å². The highest BCUT2D eigenvalue weighted by atomic mass is 32.1. The van der Waals surface area contributed by atoms with Crippen LogP contribution in [0.3, 0.4) is 0 Å². The van der Waals surface area contributed by atoms with E-state index in [1.54, 1.807) is 17.4 Å². The van der Waals surface area contributed by atoms with Crippen molar-refractivity contribution in [1.82, 2.24) is 9.88 Å².